The Bertz CT molecular complexity index is 5200. The number of rotatable bonds is 17. The maximum absolute atomic E-state index is 14.4. The van der Waals surface area contributed by atoms with Gasteiger partial charge in [0.2, 0.25) is 0 Å². The first-order valence-corrected chi connectivity index (χ1v) is 34.3. The summed E-state index contributed by atoms with van der Waals surface area (Å²) in [7, 11) is 1.93. The van der Waals surface area contributed by atoms with E-state index in [0.717, 1.165) is 144 Å². The van der Waals surface area contributed by atoms with Crippen molar-refractivity contribution >= 4 is 43.6 Å². The molecule has 13 aromatic rings. The van der Waals surface area contributed by atoms with Crippen LogP contribution in [0.15, 0.2) is 203 Å². The normalized spacial score (nSPS) is 14.6. The van der Waals surface area contributed by atoms with Crippen LogP contribution in [0.2, 0.25) is 0 Å². The van der Waals surface area contributed by atoms with Gasteiger partial charge in [0.1, 0.15) is 17.3 Å². The quantitative estimate of drug-likeness (QED) is 0.0793. The number of alkyl halides is 6. The van der Waals surface area contributed by atoms with Crippen LogP contribution in [-0.4, -0.2) is 139 Å². The number of hydrogen-bond donors (Lipinski definition) is 0. The first kappa shape index (κ1) is 69.1. The Balaban J connectivity index is 0.000000131. The first-order chi connectivity index (χ1) is 49.7. The second-order valence-corrected chi connectivity index (χ2v) is 26.1. The molecule has 3 fully saturated rings. The molecule has 0 bridgehead atoms. The molecule has 3 aliphatic rings. The summed E-state index contributed by atoms with van der Waals surface area (Å²) in [4.78, 5) is 46.1. The third kappa shape index (κ3) is 16.1. The number of ether oxygens (including phenoxy) is 2. The van der Waals surface area contributed by atoms with E-state index in [9.17, 15) is 45.1 Å². The van der Waals surface area contributed by atoms with Crippen LogP contribution < -0.4 is 26.2 Å². The van der Waals surface area contributed by atoms with Crippen LogP contribution in [0.25, 0.3) is 94.1 Å². The molecule has 0 N–H and O–H groups in total. The van der Waals surface area contributed by atoms with E-state index in [2.05, 4.69) is 61.4 Å². The van der Waals surface area contributed by atoms with E-state index in [0.29, 0.717) is 28.4 Å². The molecule has 3 saturated heterocycles. The van der Waals surface area contributed by atoms with Gasteiger partial charge >= 0.3 is 12.7 Å². The van der Waals surface area contributed by atoms with Gasteiger partial charge in [0.15, 0.2) is 0 Å². The highest BCUT2D eigenvalue weighted by Crippen LogP contribution is 2.33. The lowest BCUT2D eigenvalue weighted by Gasteiger charge is -2.14. The monoisotopic (exact) mass is 1410 g/mol. The van der Waals surface area contributed by atoms with E-state index in [4.69, 9.17) is 0 Å². The van der Waals surface area contributed by atoms with Gasteiger partial charge in [0.25, 0.3) is 16.7 Å². The van der Waals surface area contributed by atoms with Crippen LogP contribution in [0.1, 0.15) is 44.1 Å². The number of aromatic nitrogens is 11. The standard InChI is InChI=1S/C26H25F3N4O2.C26H26N6O.C25H22F4N4O2/c1-18-14-22(35-26(27,28)29)5-6-23(18)19-8-11-32(25(34)16-19)21-4-7-24-20(15-21)17-30-33(24)13-12-31-9-2-3-10-31;1-29-24-6-4-19(14-21(24)17-27-29)20-8-11-31(26(33)16-20)23-5-7-25-22(15-23)18-28-32(25)13-12-30-9-2-3-10-30;26-22-15-20(35-25(27,28)29)4-5-21(22)17-7-10-32(24(34)14-17)19-3-6-23-18(13-19)16-30-33(23)12-11-31-8-1-2-9-31/h4-8,11,14-17H,2-3,9-10,12-13H2,1H3;4-8,11,14-18H,2-3,9-10,12-13H2,1H3;3-7,10,13-16H,1-2,8-9,11-12H2. The Kier molecular flexibility index (Phi) is 19.8. The zero-order valence-corrected chi connectivity index (χ0v) is 56.6. The van der Waals surface area contributed by atoms with Crippen molar-refractivity contribution in [3.05, 3.63) is 231 Å². The molecule has 10 heterocycles. The Morgan fingerprint density at radius 1 is 0.379 bits per heavy atom. The number of hydrogen-bond acceptors (Lipinski definition) is 12. The molecule has 530 valence electrons. The summed E-state index contributed by atoms with van der Waals surface area (Å²) in [5.41, 5.74) is 9.69. The van der Waals surface area contributed by atoms with E-state index in [1.807, 2.05) is 113 Å². The smallest absolute Gasteiger partial charge is 0.406 e. The van der Waals surface area contributed by atoms with Gasteiger partial charge in [-0.25, -0.2) is 4.39 Å². The van der Waals surface area contributed by atoms with Crippen molar-refractivity contribution in [1.29, 1.82) is 0 Å². The van der Waals surface area contributed by atoms with Gasteiger partial charge in [-0.05, 0) is 227 Å². The Hall–Kier alpha value is -11.0. The third-order valence-electron chi connectivity index (χ3n) is 19.3. The van der Waals surface area contributed by atoms with Crippen molar-refractivity contribution < 1.29 is 40.2 Å². The Morgan fingerprint density at radius 2 is 0.738 bits per heavy atom. The van der Waals surface area contributed by atoms with Gasteiger partial charge in [-0.1, -0.05) is 12.1 Å². The molecule has 0 spiro atoms. The molecule has 0 amide bonds. The predicted octanol–water partition coefficient (Wildman–Crippen LogP) is 14.0. The van der Waals surface area contributed by atoms with E-state index >= 15 is 0 Å². The third-order valence-corrected chi connectivity index (χ3v) is 19.3. The number of fused-ring (bicyclic) bond motifs is 4. The summed E-state index contributed by atoms with van der Waals surface area (Å²) in [5.74, 6) is -1.88. The number of aryl methyl sites for hydroxylation is 2. The summed E-state index contributed by atoms with van der Waals surface area (Å²) in [5, 5.41) is 21.9. The molecule has 0 atom stereocenters. The molecule has 16 rings (SSSR count). The zero-order valence-electron chi connectivity index (χ0n) is 56.6. The molecule has 3 aliphatic heterocycles. The molecule has 0 aliphatic carbocycles. The summed E-state index contributed by atoms with van der Waals surface area (Å²) in [6, 6.07) is 40.3. The van der Waals surface area contributed by atoms with E-state index < -0.39 is 29.9 Å². The van der Waals surface area contributed by atoms with Crippen LogP contribution in [-0.2, 0) is 26.7 Å². The van der Waals surface area contributed by atoms with Crippen LogP contribution in [0, 0.1) is 12.7 Å². The molecule has 0 saturated carbocycles. The molecule has 6 aromatic carbocycles. The molecule has 19 nitrogen and oxygen atoms in total. The molecule has 26 heteroatoms. The lowest BCUT2D eigenvalue weighted by molar-refractivity contribution is -0.275. The van der Waals surface area contributed by atoms with Gasteiger partial charge in [-0.3, -0.25) is 46.8 Å². The average molecular weight is 1410 g/mol. The zero-order chi connectivity index (χ0) is 71.5. The van der Waals surface area contributed by atoms with Crippen LogP contribution >= 0.6 is 0 Å². The molecule has 103 heavy (non-hydrogen) atoms. The summed E-state index contributed by atoms with van der Waals surface area (Å²) < 4.78 is 109. The molecule has 0 unspecified atom stereocenters. The molecule has 0 radical (unpaired) electrons. The number of benzene rings is 6. The second-order valence-electron chi connectivity index (χ2n) is 26.1. The van der Waals surface area contributed by atoms with Crippen molar-refractivity contribution in [3.8, 4) is 61.9 Å². The van der Waals surface area contributed by atoms with Crippen LogP contribution in [0.5, 0.6) is 11.5 Å². The maximum atomic E-state index is 14.4. The second kappa shape index (κ2) is 29.6. The minimum absolute atomic E-state index is 0.00138. The minimum Gasteiger partial charge on any atom is -0.406 e. The van der Waals surface area contributed by atoms with Gasteiger partial charge in [0.05, 0.1) is 66.5 Å². The number of pyridine rings is 3. The fourth-order valence-corrected chi connectivity index (χ4v) is 14.0. The minimum atomic E-state index is -4.92. The van der Waals surface area contributed by atoms with Gasteiger partial charge in [-0.15, -0.1) is 26.3 Å². The average Bonchev–Trinajstić information content (AvgIpc) is 1.78. The Morgan fingerprint density at radius 3 is 1.15 bits per heavy atom. The summed E-state index contributed by atoms with van der Waals surface area (Å²) in [6.07, 6.45) is 10.3. The van der Waals surface area contributed by atoms with Gasteiger partial charge in [-0.2, -0.15) is 20.4 Å². The van der Waals surface area contributed by atoms with Crippen molar-refractivity contribution in [2.45, 2.75) is 77.8 Å². The topological polar surface area (TPSA) is 165 Å². The van der Waals surface area contributed by atoms with Gasteiger partial charge < -0.3 is 24.2 Å². The van der Waals surface area contributed by atoms with E-state index in [-0.39, 0.29) is 28.0 Å². The van der Waals surface area contributed by atoms with E-state index in [1.54, 1.807) is 40.6 Å². The maximum Gasteiger partial charge on any atom is 0.573 e. The lowest BCUT2D eigenvalue weighted by atomic mass is 10.0. The highest BCUT2D eigenvalue weighted by atomic mass is 19.4. The molecule has 7 aromatic heterocycles. The lowest BCUT2D eigenvalue weighted by Crippen LogP contribution is -2.24. The van der Waals surface area contributed by atoms with Crippen molar-refractivity contribution in [1.82, 2.24) is 67.5 Å². The van der Waals surface area contributed by atoms with Crippen molar-refractivity contribution in [2.75, 3.05) is 58.9 Å². The summed E-state index contributed by atoms with van der Waals surface area (Å²) >= 11 is 0. The predicted molar refractivity (Wildman–Crippen MR) is 382 cm³/mol. The van der Waals surface area contributed by atoms with Crippen LogP contribution in [0.3, 0.4) is 0 Å². The van der Waals surface area contributed by atoms with Crippen molar-refractivity contribution in [2.24, 2.45) is 7.05 Å². The van der Waals surface area contributed by atoms with Crippen LogP contribution in [0.4, 0.5) is 30.7 Å². The largest absolute Gasteiger partial charge is 0.573 e. The van der Waals surface area contributed by atoms with E-state index in [1.165, 1.54) is 98.8 Å². The molecular formula is C77H73F7N14O5. The SMILES string of the molecule is Cc1cc(OC(F)(F)F)ccc1-c1ccn(-c2ccc3c(cnn3CCN3CCCC3)c2)c(=O)c1.Cn1ncc2cc(-c3ccn(-c4ccc5c(cnn5CCN5CCCC5)c4)c(=O)c3)ccc21.O=c1cc(-c2ccc(OC(F)(F)F)cc2F)ccn1-c1ccc2c(cnn2CCN2CCCC2)c1. The number of nitrogens with zero attached hydrogens (tertiary/aromatic N) is 14. The Labute approximate surface area is 586 Å². The fraction of sp³-hybridized carbons (Fsp3) is 0.286. The van der Waals surface area contributed by atoms with Crippen molar-refractivity contribution in [3.63, 3.8) is 0 Å². The number of halogens is 7. The highest BCUT2D eigenvalue weighted by molar-refractivity contribution is 5.85. The fourth-order valence-electron chi connectivity index (χ4n) is 14.0. The number of likely N-dealkylation sites (tertiary alicyclic amines) is 3. The van der Waals surface area contributed by atoms with Gasteiger partial charge in [0, 0.05) is 114 Å². The summed E-state index contributed by atoms with van der Waals surface area (Å²) in [6.45, 7) is 14.1. The first-order valence-electron chi connectivity index (χ1n) is 34.3. The highest BCUT2D eigenvalue weighted by Gasteiger charge is 2.32. The molecular weight excluding hydrogens is 1330 g/mol.